The smallest absolute Gasteiger partial charge is 0.333 e. The molecule has 0 saturated carbocycles. The maximum absolute atomic E-state index is 15.6. The topological polar surface area (TPSA) is 76.0 Å². The Balaban J connectivity index is 1.55. The fourth-order valence-electron chi connectivity index (χ4n) is 5.92. The molecular weight excluding hydrogens is 615 g/mol. The first kappa shape index (κ1) is 37.6. The quantitative estimate of drug-likeness (QED) is 0.0592. The van der Waals surface area contributed by atoms with Gasteiger partial charge in [-0.2, -0.15) is 0 Å². The maximum Gasteiger partial charge on any atom is 0.333 e. The predicted octanol–water partition coefficient (Wildman–Crippen LogP) is 9.54. The highest BCUT2D eigenvalue weighted by Crippen LogP contribution is 2.35. The van der Waals surface area contributed by atoms with Gasteiger partial charge in [0, 0.05) is 30.3 Å². The van der Waals surface area contributed by atoms with E-state index < -0.39 is 5.97 Å². The number of aliphatic hydroxyl groups is 2. The summed E-state index contributed by atoms with van der Waals surface area (Å²) in [4.78, 5) is 11.9. The summed E-state index contributed by atoms with van der Waals surface area (Å²) in [6.45, 7) is 9.98. The van der Waals surface area contributed by atoms with Crippen LogP contribution < -0.4 is 4.74 Å². The molecule has 0 atom stereocenters. The van der Waals surface area contributed by atoms with E-state index in [-0.39, 0.29) is 31.6 Å². The minimum Gasteiger partial charge on any atom is -0.493 e. The first-order valence-electron chi connectivity index (χ1n) is 17.6. The predicted molar refractivity (Wildman–Crippen MR) is 197 cm³/mol. The number of halogens is 1. The van der Waals surface area contributed by atoms with E-state index in [0.29, 0.717) is 42.8 Å². The monoisotopic (exact) mass is 666 g/mol. The van der Waals surface area contributed by atoms with Crippen LogP contribution in [0.25, 0.3) is 33.4 Å². The zero-order valence-corrected chi connectivity index (χ0v) is 29.3. The summed E-state index contributed by atoms with van der Waals surface area (Å²) < 4.78 is 27.0. The van der Waals surface area contributed by atoms with E-state index in [1.807, 2.05) is 30.3 Å². The molecule has 4 rings (SSSR count). The normalized spacial score (nSPS) is 11.2. The third kappa shape index (κ3) is 10.6. The van der Waals surface area contributed by atoms with E-state index in [0.717, 1.165) is 51.8 Å². The van der Waals surface area contributed by atoms with Gasteiger partial charge in [-0.3, -0.25) is 0 Å². The number of carbonyl (C=O) groups excluding carboxylic acids is 1. The van der Waals surface area contributed by atoms with Crippen LogP contribution in [0.3, 0.4) is 0 Å². The van der Waals surface area contributed by atoms with Crippen molar-refractivity contribution in [3.8, 4) is 39.1 Å². The maximum atomic E-state index is 15.6. The zero-order valence-electron chi connectivity index (χ0n) is 29.3. The number of rotatable bonds is 19. The van der Waals surface area contributed by atoms with Crippen LogP contribution in [-0.4, -0.2) is 42.6 Å². The number of ether oxygens (including phenoxy) is 2. The first-order chi connectivity index (χ1) is 23.8. The van der Waals surface area contributed by atoms with Crippen LogP contribution in [0.5, 0.6) is 5.75 Å². The molecule has 0 aliphatic rings. The summed E-state index contributed by atoms with van der Waals surface area (Å²) in [5.74, 6) is -0.176. The number of esters is 1. The second-order valence-corrected chi connectivity index (χ2v) is 12.8. The Morgan fingerprint density at radius 3 is 2.08 bits per heavy atom. The number of benzene rings is 4. The summed E-state index contributed by atoms with van der Waals surface area (Å²) >= 11 is 0. The molecule has 260 valence electrons. The molecule has 6 heteroatoms. The van der Waals surface area contributed by atoms with E-state index >= 15 is 4.39 Å². The van der Waals surface area contributed by atoms with E-state index in [9.17, 15) is 15.0 Å². The van der Waals surface area contributed by atoms with Crippen LogP contribution in [0.1, 0.15) is 69.6 Å². The largest absolute Gasteiger partial charge is 0.493 e. The zero-order chi connectivity index (χ0) is 35.2. The third-order valence-electron chi connectivity index (χ3n) is 8.97. The van der Waals surface area contributed by atoms with Crippen LogP contribution in [0.2, 0.25) is 0 Å². The van der Waals surface area contributed by atoms with Crippen LogP contribution >= 0.6 is 0 Å². The minimum absolute atomic E-state index is 0.101. The molecule has 0 aromatic heterocycles. The van der Waals surface area contributed by atoms with Gasteiger partial charge in [0.1, 0.15) is 11.6 Å². The first-order valence-corrected chi connectivity index (χ1v) is 17.6. The van der Waals surface area contributed by atoms with Gasteiger partial charge in [-0.15, -0.1) is 0 Å². The number of hydrogen-bond donors (Lipinski definition) is 2. The second kappa shape index (κ2) is 19.1. The van der Waals surface area contributed by atoms with Crippen molar-refractivity contribution in [3.05, 3.63) is 114 Å². The van der Waals surface area contributed by atoms with Crippen molar-refractivity contribution in [1.29, 1.82) is 0 Å². The lowest BCUT2D eigenvalue weighted by atomic mass is 9.91. The van der Waals surface area contributed by atoms with Gasteiger partial charge in [0.25, 0.3) is 0 Å². The fraction of sp³-hybridized carbons (Fsp3) is 0.372. The van der Waals surface area contributed by atoms with Gasteiger partial charge in [0.2, 0.25) is 0 Å². The molecule has 2 N–H and O–H groups in total. The number of aliphatic hydroxyl groups excluding tert-OH is 2. The molecule has 0 saturated heterocycles. The van der Waals surface area contributed by atoms with Crippen LogP contribution in [-0.2, 0) is 28.8 Å². The molecule has 4 aromatic rings. The highest BCUT2D eigenvalue weighted by Gasteiger charge is 2.15. The Morgan fingerprint density at radius 2 is 1.41 bits per heavy atom. The molecule has 49 heavy (non-hydrogen) atoms. The van der Waals surface area contributed by atoms with E-state index in [2.05, 4.69) is 62.9 Å². The minimum atomic E-state index is -0.408. The molecule has 0 amide bonds. The van der Waals surface area contributed by atoms with Gasteiger partial charge >= 0.3 is 5.97 Å². The van der Waals surface area contributed by atoms with Gasteiger partial charge in [-0.05, 0) is 108 Å². The van der Waals surface area contributed by atoms with Gasteiger partial charge in [-0.1, -0.05) is 93.9 Å². The van der Waals surface area contributed by atoms with Gasteiger partial charge in [0.15, 0.2) is 0 Å². The SMILES string of the molecule is C=C(C)C(=O)OCCCc1cc(-c2ccc(-c3ccc(-c4ccc(CCCCC)cc4)cc3F)cc2CC)ccc1OCCC(CO)CO. The second-order valence-electron chi connectivity index (χ2n) is 12.8. The van der Waals surface area contributed by atoms with Crippen molar-refractivity contribution in [2.24, 2.45) is 5.92 Å². The van der Waals surface area contributed by atoms with Crippen molar-refractivity contribution < 1.29 is 28.9 Å². The molecule has 0 spiro atoms. The highest BCUT2D eigenvalue weighted by molar-refractivity contribution is 5.86. The van der Waals surface area contributed by atoms with Crippen LogP contribution in [0.4, 0.5) is 4.39 Å². The van der Waals surface area contributed by atoms with Crippen molar-refractivity contribution in [2.75, 3.05) is 26.4 Å². The van der Waals surface area contributed by atoms with Crippen molar-refractivity contribution in [3.63, 3.8) is 0 Å². The summed E-state index contributed by atoms with van der Waals surface area (Å²) in [7, 11) is 0. The molecule has 0 bridgehead atoms. The molecule has 0 unspecified atom stereocenters. The van der Waals surface area contributed by atoms with Crippen LogP contribution in [0.15, 0.2) is 91.0 Å². The van der Waals surface area contributed by atoms with E-state index in [4.69, 9.17) is 9.47 Å². The Morgan fingerprint density at radius 1 is 0.755 bits per heavy atom. The average Bonchev–Trinajstić information content (AvgIpc) is 3.12. The standard InChI is InChI=1S/C43H51FO5/c1-5-7-8-10-31-12-14-34(15-13-31)35-16-20-40(41(44)27-35)37-17-19-39(33(6-2)25-37)36-18-21-42(48-24-22-32(28-45)29-46)38(26-36)11-9-23-49-43(47)30(3)4/h12-21,25-27,32,45-46H,3,5-11,22-24,28-29H2,1-2,4H3. The number of aryl methyl sites for hydroxylation is 3. The number of carbonyl (C=O) groups is 1. The lowest BCUT2D eigenvalue weighted by Gasteiger charge is -2.17. The molecule has 0 heterocycles. The van der Waals surface area contributed by atoms with Crippen molar-refractivity contribution in [2.45, 2.75) is 72.1 Å². The Labute approximate surface area is 291 Å². The van der Waals surface area contributed by atoms with Gasteiger partial charge in [-0.25, -0.2) is 9.18 Å². The average molecular weight is 667 g/mol. The summed E-state index contributed by atoms with van der Waals surface area (Å²) in [6, 6.07) is 26.1. The molecular formula is C43H51FO5. The molecule has 0 radical (unpaired) electrons. The number of hydrogen-bond acceptors (Lipinski definition) is 5. The Kier molecular flexibility index (Phi) is 14.6. The van der Waals surface area contributed by atoms with Crippen molar-refractivity contribution in [1.82, 2.24) is 0 Å². The van der Waals surface area contributed by atoms with Gasteiger partial charge in [0.05, 0.1) is 13.2 Å². The molecule has 0 aliphatic carbocycles. The van der Waals surface area contributed by atoms with E-state index in [1.54, 1.807) is 13.0 Å². The summed E-state index contributed by atoms with van der Waals surface area (Å²) in [5, 5.41) is 18.9. The molecule has 4 aromatic carbocycles. The lowest BCUT2D eigenvalue weighted by molar-refractivity contribution is -0.139. The summed E-state index contributed by atoms with van der Waals surface area (Å²) in [5.41, 5.74) is 9.09. The van der Waals surface area contributed by atoms with Crippen molar-refractivity contribution >= 4 is 5.97 Å². The third-order valence-corrected chi connectivity index (χ3v) is 8.97. The Bertz CT molecular complexity index is 1670. The molecule has 5 nitrogen and oxygen atoms in total. The highest BCUT2D eigenvalue weighted by atomic mass is 19.1. The molecule has 0 aliphatic heterocycles. The van der Waals surface area contributed by atoms with E-state index in [1.165, 1.54) is 24.8 Å². The van der Waals surface area contributed by atoms with Gasteiger partial charge < -0.3 is 19.7 Å². The number of unbranched alkanes of at least 4 members (excludes halogenated alkanes) is 2. The molecule has 0 fully saturated rings. The fourth-order valence-corrected chi connectivity index (χ4v) is 5.92. The van der Waals surface area contributed by atoms with Crippen LogP contribution in [0, 0.1) is 11.7 Å². The lowest BCUT2D eigenvalue weighted by Crippen LogP contribution is -2.15. The summed E-state index contributed by atoms with van der Waals surface area (Å²) in [6.07, 6.45) is 7.20. The Hall–Kier alpha value is -4.26.